The minimum Gasteiger partial charge on any atom is -0.462 e. The minimum atomic E-state index is -4.64. The number of phosphoric ester groups is 1. The van der Waals surface area contributed by atoms with Crippen LogP contribution in [0, 0.1) is 0 Å². The number of ether oxygens (including phenoxy) is 2. The van der Waals surface area contributed by atoms with Gasteiger partial charge >= 0.3 is 19.8 Å². The molecule has 11 heteroatoms. The summed E-state index contributed by atoms with van der Waals surface area (Å²) >= 11 is 0. The van der Waals surface area contributed by atoms with E-state index in [4.69, 9.17) is 23.6 Å². The van der Waals surface area contributed by atoms with Crippen LogP contribution in [0.15, 0.2) is 48.6 Å². The Morgan fingerprint density at radius 3 is 1.21 bits per heavy atom. The molecular weight excluding hydrogens is 864 g/mol. The van der Waals surface area contributed by atoms with Gasteiger partial charge in [-0.2, -0.15) is 0 Å². The maximum Gasteiger partial charge on any atom is 0.472 e. The first-order valence-electron chi connectivity index (χ1n) is 27.6. The number of unbranched alkanes of at least 4 members (excludes halogenated alkanes) is 30. The van der Waals surface area contributed by atoms with Crippen molar-refractivity contribution >= 4 is 19.8 Å². The summed E-state index contributed by atoms with van der Waals surface area (Å²) in [4.78, 5) is 35.2. The molecule has 0 saturated carbocycles. The van der Waals surface area contributed by atoms with E-state index < -0.39 is 51.8 Å². The van der Waals surface area contributed by atoms with E-state index >= 15 is 0 Å². The molecule has 0 aromatic rings. The highest BCUT2D eigenvalue weighted by Gasteiger charge is 2.27. The molecule has 3 atom stereocenters. The van der Waals surface area contributed by atoms with Gasteiger partial charge in [-0.3, -0.25) is 18.6 Å². The minimum absolute atomic E-state index is 0.110. The Labute approximate surface area is 411 Å². The number of aliphatic hydroxyl groups excluding tert-OH is 2. The summed E-state index contributed by atoms with van der Waals surface area (Å²) in [6.07, 6.45) is 59.6. The molecule has 0 aliphatic heterocycles. The molecule has 0 fully saturated rings. The Balaban J connectivity index is 4.20. The van der Waals surface area contributed by atoms with Crippen molar-refractivity contribution in [2.45, 2.75) is 270 Å². The molecule has 1 unspecified atom stereocenters. The number of aliphatic hydroxyl groups is 2. The summed E-state index contributed by atoms with van der Waals surface area (Å²) in [6, 6.07) is 0. The molecule has 0 aromatic heterocycles. The Hall–Kier alpha value is -2.07. The van der Waals surface area contributed by atoms with Crippen molar-refractivity contribution < 1.29 is 47.8 Å². The molecule has 0 saturated heterocycles. The number of rotatable bonds is 52. The lowest BCUT2D eigenvalue weighted by Crippen LogP contribution is -2.29. The van der Waals surface area contributed by atoms with Gasteiger partial charge in [0, 0.05) is 12.8 Å². The first-order valence-corrected chi connectivity index (χ1v) is 29.1. The SMILES string of the molecule is CCCCCCCCC/C=C/C/C=C/C/C=C/C/C=C/CCCC(=O)O[C@H](COC(=O)CCCCCCCCCCCCCCCCCCCCCCCCC)COP(=O)(O)OC[C@@H](O)CO. The van der Waals surface area contributed by atoms with E-state index in [1.54, 1.807) is 0 Å². The molecule has 67 heavy (non-hydrogen) atoms. The molecule has 0 spiro atoms. The maximum absolute atomic E-state index is 12.7. The van der Waals surface area contributed by atoms with E-state index in [1.807, 2.05) is 6.08 Å². The lowest BCUT2D eigenvalue weighted by atomic mass is 10.0. The van der Waals surface area contributed by atoms with Gasteiger partial charge in [0.1, 0.15) is 12.7 Å². The second-order valence-corrected chi connectivity index (χ2v) is 20.1. The van der Waals surface area contributed by atoms with Crippen molar-refractivity contribution in [1.82, 2.24) is 0 Å². The Kier molecular flexibility index (Phi) is 50.2. The summed E-state index contributed by atoms with van der Waals surface area (Å²) < 4.78 is 32.9. The van der Waals surface area contributed by atoms with Crippen molar-refractivity contribution in [2.75, 3.05) is 26.4 Å². The largest absolute Gasteiger partial charge is 0.472 e. The van der Waals surface area contributed by atoms with Gasteiger partial charge < -0.3 is 24.6 Å². The standard InChI is InChI=1S/C56H103O10P/c1-3-5-7-9-11-13-15-17-19-21-23-25-26-28-29-31-33-35-37-39-41-43-45-47-55(59)63-51-54(52-65-67(61,62)64-50-53(58)49-57)66-56(60)48-46-44-42-40-38-36-34-32-30-27-24-22-20-18-16-14-12-10-8-6-4-2/h20,22,27,30,34,36,40,42,53-54,57-58H,3-19,21,23-26,28-29,31-33,35,37-39,41,43-52H2,1-2H3,(H,61,62)/b22-20+,30-27+,36-34+,42-40+/t53-,54+/m0/s1. The molecule has 3 N–H and O–H groups in total. The number of phosphoric acid groups is 1. The summed E-state index contributed by atoms with van der Waals surface area (Å²) in [5, 5.41) is 18.4. The highest BCUT2D eigenvalue weighted by atomic mass is 31.2. The quantitative estimate of drug-likeness (QED) is 0.0233. The van der Waals surface area contributed by atoms with Gasteiger partial charge in [0.2, 0.25) is 0 Å². The van der Waals surface area contributed by atoms with Crippen LogP contribution in [0.5, 0.6) is 0 Å². The number of carbonyl (C=O) groups excluding carboxylic acids is 2. The average Bonchev–Trinajstić information content (AvgIpc) is 3.32. The van der Waals surface area contributed by atoms with Crippen molar-refractivity contribution in [2.24, 2.45) is 0 Å². The fourth-order valence-electron chi connectivity index (χ4n) is 7.75. The van der Waals surface area contributed by atoms with Crippen LogP contribution in [0.3, 0.4) is 0 Å². The molecule has 0 aliphatic carbocycles. The summed E-state index contributed by atoms with van der Waals surface area (Å²) in [6.45, 7) is 2.37. The number of hydrogen-bond donors (Lipinski definition) is 3. The zero-order valence-corrected chi connectivity index (χ0v) is 44.0. The first kappa shape index (κ1) is 64.9. The van der Waals surface area contributed by atoms with E-state index in [2.05, 4.69) is 56.4 Å². The molecule has 0 amide bonds. The van der Waals surface area contributed by atoms with Crippen LogP contribution in [-0.2, 0) is 32.7 Å². The average molecular weight is 967 g/mol. The van der Waals surface area contributed by atoms with Gasteiger partial charge in [-0.1, -0.05) is 242 Å². The van der Waals surface area contributed by atoms with Crippen LogP contribution < -0.4 is 0 Å². The number of esters is 2. The lowest BCUT2D eigenvalue weighted by molar-refractivity contribution is -0.161. The smallest absolute Gasteiger partial charge is 0.462 e. The monoisotopic (exact) mass is 967 g/mol. The van der Waals surface area contributed by atoms with E-state index in [-0.39, 0.29) is 19.4 Å². The number of hydrogen-bond acceptors (Lipinski definition) is 9. The number of allylic oxidation sites excluding steroid dienone is 8. The second-order valence-electron chi connectivity index (χ2n) is 18.6. The van der Waals surface area contributed by atoms with Crippen molar-refractivity contribution in [3.05, 3.63) is 48.6 Å². The molecule has 392 valence electrons. The van der Waals surface area contributed by atoms with Gasteiger partial charge in [-0.25, -0.2) is 4.57 Å². The van der Waals surface area contributed by atoms with Gasteiger partial charge in [0.05, 0.1) is 19.8 Å². The lowest BCUT2D eigenvalue weighted by Gasteiger charge is -2.20. The normalized spacial score (nSPS) is 13.9. The molecule has 10 nitrogen and oxygen atoms in total. The van der Waals surface area contributed by atoms with Crippen molar-refractivity contribution in [3.8, 4) is 0 Å². The van der Waals surface area contributed by atoms with Crippen LogP contribution in [0.2, 0.25) is 0 Å². The molecule has 0 aromatic carbocycles. The first-order chi connectivity index (χ1) is 32.7. The molecular formula is C56H103O10P. The molecule has 0 aliphatic rings. The predicted molar refractivity (Wildman–Crippen MR) is 279 cm³/mol. The zero-order valence-electron chi connectivity index (χ0n) is 43.1. The summed E-state index contributed by atoms with van der Waals surface area (Å²) in [5.41, 5.74) is 0. The predicted octanol–water partition coefficient (Wildman–Crippen LogP) is 16.0. The number of carbonyl (C=O) groups is 2. The third-order valence-corrected chi connectivity index (χ3v) is 12.9. The fourth-order valence-corrected chi connectivity index (χ4v) is 8.54. The topological polar surface area (TPSA) is 149 Å². The van der Waals surface area contributed by atoms with Crippen LogP contribution in [0.1, 0.15) is 258 Å². The van der Waals surface area contributed by atoms with E-state index in [1.165, 1.54) is 173 Å². The van der Waals surface area contributed by atoms with Gasteiger partial charge in [-0.15, -0.1) is 0 Å². The Bertz CT molecular complexity index is 1250. The van der Waals surface area contributed by atoms with E-state index in [0.29, 0.717) is 19.3 Å². The molecule has 0 radical (unpaired) electrons. The van der Waals surface area contributed by atoms with Crippen LogP contribution in [-0.4, -0.2) is 65.7 Å². The van der Waals surface area contributed by atoms with Crippen molar-refractivity contribution in [1.29, 1.82) is 0 Å². The molecule has 0 bridgehead atoms. The van der Waals surface area contributed by atoms with Crippen molar-refractivity contribution in [3.63, 3.8) is 0 Å². The molecule has 0 rings (SSSR count). The van der Waals surface area contributed by atoms with Gasteiger partial charge in [0.15, 0.2) is 6.10 Å². The third-order valence-electron chi connectivity index (χ3n) is 12.0. The summed E-state index contributed by atoms with van der Waals surface area (Å²) in [5.74, 6) is -0.979. The Morgan fingerprint density at radius 1 is 0.448 bits per heavy atom. The highest BCUT2D eigenvalue weighted by Crippen LogP contribution is 2.43. The van der Waals surface area contributed by atoms with E-state index in [9.17, 15) is 24.2 Å². The maximum atomic E-state index is 12.7. The van der Waals surface area contributed by atoms with Crippen LogP contribution in [0.4, 0.5) is 0 Å². The summed E-state index contributed by atoms with van der Waals surface area (Å²) in [7, 11) is -4.64. The third kappa shape index (κ3) is 51.6. The second kappa shape index (κ2) is 51.8. The van der Waals surface area contributed by atoms with E-state index in [0.717, 1.165) is 38.5 Å². The zero-order chi connectivity index (χ0) is 49.0. The van der Waals surface area contributed by atoms with Crippen LogP contribution in [0.25, 0.3) is 0 Å². The fraction of sp³-hybridized carbons (Fsp3) is 0.821. The molecule has 0 heterocycles. The highest BCUT2D eigenvalue weighted by molar-refractivity contribution is 7.47. The van der Waals surface area contributed by atoms with Gasteiger partial charge in [0.25, 0.3) is 0 Å². The van der Waals surface area contributed by atoms with Crippen LogP contribution >= 0.6 is 7.82 Å². The van der Waals surface area contributed by atoms with Gasteiger partial charge in [-0.05, 0) is 51.4 Å². The Morgan fingerprint density at radius 2 is 0.791 bits per heavy atom.